The fourth-order valence-electron chi connectivity index (χ4n) is 1.84. The molecule has 1 saturated heterocycles. The maximum Gasteiger partial charge on any atom is -0.00183 e. The Hall–Kier alpha value is 0.210. The Morgan fingerprint density at radius 3 is 2.08 bits per heavy atom. The molecular weight excluding hydrogens is 184 g/mol. The highest BCUT2D eigenvalue weighted by Gasteiger charge is 2.07. The fourth-order valence-corrected chi connectivity index (χ4v) is 1.84. The lowest BCUT2D eigenvalue weighted by molar-refractivity contribution is 0.279. The van der Waals surface area contributed by atoms with E-state index in [0.29, 0.717) is 0 Å². The number of rotatable bonds is 4. The number of nitrogens with zero attached hydrogens (tertiary/aromatic N) is 1. The quantitative estimate of drug-likeness (QED) is 0.714. The van der Waals surface area contributed by atoms with E-state index in [-0.39, 0.29) is 12.4 Å². The van der Waals surface area contributed by atoms with Gasteiger partial charge < -0.3 is 10.6 Å². The monoisotopic (exact) mass is 206 g/mol. The average Bonchev–Trinajstić information content (AvgIpc) is 2.33. The second kappa shape index (κ2) is 8.79. The molecule has 1 aliphatic rings. The van der Waals surface area contributed by atoms with Gasteiger partial charge in [-0.3, -0.25) is 0 Å². The van der Waals surface area contributed by atoms with Crippen molar-refractivity contribution in [3.05, 3.63) is 0 Å². The van der Waals surface area contributed by atoms with Crippen LogP contribution in [0.15, 0.2) is 0 Å². The van der Waals surface area contributed by atoms with Gasteiger partial charge in [-0.25, -0.2) is 0 Å². The van der Waals surface area contributed by atoms with Crippen LogP contribution in [0.3, 0.4) is 0 Å². The largest absolute Gasteiger partial charge is 0.330 e. The predicted molar refractivity (Wildman–Crippen MR) is 60.4 cm³/mol. The van der Waals surface area contributed by atoms with Crippen LogP contribution in [0, 0.1) is 0 Å². The fraction of sp³-hybridized carbons (Fsp3) is 1.00. The van der Waals surface area contributed by atoms with Gasteiger partial charge in [0, 0.05) is 0 Å². The summed E-state index contributed by atoms with van der Waals surface area (Å²) in [6.45, 7) is 4.78. The summed E-state index contributed by atoms with van der Waals surface area (Å²) in [6.07, 6.45) is 8.17. The standard InChI is InChI=1S/C10H22N2.ClH/c11-7-3-6-10-12-8-4-1-2-5-9-12;/h1-11H2;1H. The van der Waals surface area contributed by atoms with E-state index in [2.05, 4.69) is 4.90 Å². The molecule has 0 aliphatic carbocycles. The van der Waals surface area contributed by atoms with Crippen LogP contribution in [0.4, 0.5) is 0 Å². The maximum absolute atomic E-state index is 5.46. The molecule has 0 atom stereocenters. The summed E-state index contributed by atoms with van der Waals surface area (Å²) in [7, 11) is 0. The summed E-state index contributed by atoms with van der Waals surface area (Å²) in [5, 5.41) is 0. The Balaban J connectivity index is 0.00000144. The van der Waals surface area contributed by atoms with Crippen LogP contribution in [0.2, 0.25) is 0 Å². The lowest BCUT2D eigenvalue weighted by Crippen LogP contribution is -2.26. The second-order valence-corrected chi connectivity index (χ2v) is 3.75. The molecule has 0 bridgehead atoms. The minimum atomic E-state index is 0. The van der Waals surface area contributed by atoms with Crippen LogP contribution in [-0.2, 0) is 0 Å². The normalized spacial score (nSPS) is 19.2. The second-order valence-electron chi connectivity index (χ2n) is 3.75. The molecule has 2 nitrogen and oxygen atoms in total. The van der Waals surface area contributed by atoms with E-state index in [9.17, 15) is 0 Å². The summed E-state index contributed by atoms with van der Waals surface area (Å²) in [5.74, 6) is 0. The number of halogens is 1. The van der Waals surface area contributed by atoms with Gasteiger partial charge >= 0.3 is 0 Å². The summed E-state index contributed by atoms with van der Waals surface area (Å²) >= 11 is 0. The van der Waals surface area contributed by atoms with Crippen LogP contribution in [0.25, 0.3) is 0 Å². The van der Waals surface area contributed by atoms with Gasteiger partial charge in [0.1, 0.15) is 0 Å². The van der Waals surface area contributed by atoms with Crippen molar-refractivity contribution in [2.45, 2.75) is 38.5 Å². The molecule has 1 heterocycles. The molecule has 0 aromatic carbocycles. The molecular formula is C10H23ClN2. The van der Waals surface area contributed by atoms with Crippen LogP contribution in [-0.4, -0.2) is 31.1 Å². The summed E-state index contributed by atoms with van der Waals surface area (Å²) in [4.78, 5) is 2.60. The third-order valence-corrected chi connectivity index (χ3v) is 2.63. The smallest absolute Gasteiger partial charge is 0.00183 e. The van der Waals surface area contributed by atoms with Gasteiger partial charge in [-0.05, 0) is 51.9 Å². The predicted octanol–water partition coefficient (Wildman–Crippen LogP) is 2.02. The third kappa shape index (κ3) is 6.30. The molecule has 0 radical (unpaired) electrons. The first-order chi connectivity index (χ1) is 5.93. The van der Waals surface area contributed by atoms with Gasteiger partial charge in [0.25, 0.3) is 0 Å². The Bertz CT molecular complexity index is 101. The average molecular weight is 207 g/mol. The van der Waals surface area contributed by atoms with Gasteiger partial charge in [-0.1, -0.05) is 12.8 Å². The van der Waals surface area contributed by atoms with Gasteiger partial charge in [0.2, 0.25) is 0 Å². The zero-order chi connectivity index (χ0) is 8.65. The van der Waals surface area contributed by atoms with E-state index >= 15 is 0 Å². The van der Waals surface area contributed by atoms with Crippen LogP contribution in [0.1, 0.15) is 38.5 Å². The van der Waals surface area contributed by atoms with Crippen LogP contribution >= 0.6 is 12.4 Å². The summed E-state index contributed by atoms with van der Waals surface area (Å²) in [6, 6.07) is 0. The van der Waals surface area contributed by atoms with E-state index in [0.717, 1.165) is 6.54 Å². The molecule has 0 unspecified atom stereocenters. The van der Waals surface area contributed by atoms with Crippen molar-refractivity contribution in [3.8, 4) is 0 Å². The Labute approximate surface area is 88.3 Å². The number of unbranched alkanes of at least 4 members (excludes halogenated alkanes) is 1. The van der Waals surface area contributed by atoms with Gasteiger partial charge in [-0.2, -0.15) is 0 Å². The van der Waals surface area contributed by atoms with E-state index in [4.69, 9.17) is 5.73 Å². The number of hydrogen-bond acceptors (Lipinski definition) is 2. The van der Waals surface area contributed by atoms with Crippen molar-refractivity contribution in [2.75, 3.05) is 26.2 Å². The van der Waals surface area contributed by atoms with Gasteiger partial charge in [0.05, 0.1) is 0 Å². The molecule has 0 aromatic rings. The molecule has 1 rings (SSSR count). The summed E-state index contributed by atoms with van der Waals surface area (Å²) in [5.41, 5.74) is 5.46. The van der Waals surface area contributed by atoms with E-state index in [1.165, 1.54) is 58.2 Å². The Kier molecular flexibility index (Phi) is 8.93. The molecule has 2 N–H and O–H groups in total. The molecule has 0 spiro atoms. The molecule has 0 aromatic heterocycles. The molecule has 0 saturated carbocycles. The highest BCUT2D eigenvalue weighted by molar-refractivity contribution is 5.85. The minimum absolute atomic E-state index is 0. The molecule has 1 aliphatic heterocycles. The molecule has 0 amide bonds. The van der Waals surface area contributed by atoms with Crippen LogP contribution in [0.5, 0.6) is 0 Å². The lowest BCUT2D eigenvalue weighted by Gasteiger charge is -2.18. The number of likely N-dealkylation sites (tertiary alicyclic amines) is 1. The SMILES string of the molecule is Cl.NCCCCN1CCCCCC1. The molecule has 1 fully saturated rings. The number of hydrogen-bond donors (Lipinski definition) is 1. The zero-order valence-electron chi connectivity index (χ0n) is 8.50. The van der Waals surface area contributed by atoms with Crippen molar-refractivity contribution >= 4 is 12.4 Å². The summed E-state index contributed by atoms with van der Waals surface area (Å²) < 4.78 is 0. The van der Waals surface area contributed by atoms with E-state index < -0.39 is 0 Å². The first kappa shape index (κ1) is 13.2. The lowest BCUT2D eigenvalue weighted by atomic mass is 10.2. The van der Waals surface area contributed by atoms with Crippen molar-refractivity contribution in [2.24, 2.45) is 5.73 Å². The van der Waals surface area contributed by atoms with Crippen molar-refractivity contribution in [1.29, 1.82) is 0 Å². The van der Waals surface area contributed by atoms with Crippen LogP contribution < -0.4 is 5.73 Å². The highest BCUT2D eigenvalue weighted by atomic mass is 35.5. The third-order valence-electron chi connectivity index (χ3n) is 2.63. The van der Waals surface area contributed by atoms with Crippen molar-refractivity contribution < 1.29 is 0 Å². The molecule has 80 valence electrons. The minimum Gasteiger partial charge on any atom is -0.330 e. The first-order valence-electron chi connectivity index (χ1n) is 5.36. The van der Waals surface area contributed by atoms with Crippen molar-refractivity contribution in [1.82, 2.24) is 4.90 Å². The first-order valence-corrected chi connectivity index (χ1v) is 5.36. The molecule has 3 heteroatoms. The van der Waals surface area contributed by atoms with Gasteiger partial charge in [-0.15, -0.1) is 12.4 Å². The van der Waals surface area contributed by atoms with E-state index in [1.54, 1.807) is 0 Å². The van der Waals surface area contributed by atoms with Crippen molar-refractivity contribution in [3.63, 3.8) is 0 Å². The zero-order valence-corrected chi connectivity index (χ0v) is 9.32. The van der Waals surface area contributed by atoms with E-state index in [1.807, 2.05) is 0 Å². The maximum atomic E-state index is 5.46. The Morgan fingerprint density at radius 2 is 1.54 bits per heavy atom. The topological polar surface area (TPSA) is 29.3 Å². The van der Waals surface area contributed by atoms with Gasteiger partial charge in [0.15, 0.2) is 0 Å². The highest BCUT2D eigenvalue weighted by Crippen LogP contribution is 2.09. The number of nitrogens with two attached hydrogens (primary N) is 1. The Morgan fingerprint density at radius 1 is 0.923 bits per heavy atom. The molecule has 13 heavy (non-hydrogen) atoms.